The fraction of sp³-hybridized carbons (Fsp3) is 0.571. The molecule has 5 heteroatoms. The predicted octanol–water partition coefficient (Wildman–Crippen LogP) is 2.74. The molecule has 3 aliphatic rings. The van der Waals surface area contributed by atoms with Gasteiger partial charge in [0.15, 0.2) is 0 Å². The molecular weight excluding hydrogens is 324 g/mol. The van der Waals surface area contributed by atoms with Crippen LogP contribution in [-0.2, 0) is 30.6 Å². The second-order valence-electron chi connectivity index (χ2n) is 8.14. The van der Waals surface area contributed by atoms with Crippen LogP contribution < -0.4 is 0 Å². The standard InChI is InChI=1S/C21H26N4O/c26-21(18-8-10-25-20(12-18)13-22-23-25)24-9-2-5-19(14-24)17-7-6-15-3-1-4-16(15)11-17/h6-7,11,13,18-19H,1-5,8-10,12,14H2. The Morgan fingerprint density at radius 1 is 1.08 bits per heavy atom. The Bertz CT molecular complexity index is 827. The topological polar surface area (TPSA) is 51.0 Å². The maximum atomic E-state index is 13.1. The summed E-state index contributed by atoms with van der Waals surface area (Å²) >= 11 is 0. The van der Waals surface area contributed by atoms with Gasteiger partial charge in [-0.05, 0) is 55.2 Å². The fourth-order valence-corrected chi connectivity index (χ4v) is 5.02. The maximum absolute atomic E-state index is 13.1. The van der Waals surface area contributed by atoms with Gasteiger partial charge in [-0.3, -0.25) is 4.79 Å². The minimum atomic E-state index is 0.0970. The number of hydrogen-bond acceptors (Lipinski definition) is 3. The second-order valence-corrected chi connectivity index (χ2v) is 8.14. The molecule has 2 aliphatic heterocycles. The molecule has 136 valence electrons. The average Bonchev–Trinajstić information content (AvgIpc) is 3.35. The van der Waals surface area contributed by atoms with Gasteiger partial charge in [0, 0.05) is 37.9 Å². The summed E-state index contributed by atoms with van der Waals surface area (Å²) in [6.07, 6.45) is 9.54. The van der Waals surface area contributed by atoms with E-state index in [4.69, 9.17) is 0 Å². The van der Waals surface area contributed by atoms with Crippen LogP contribution in [0.1, 0.15) is 54.0 Å². The third kappa shape index (κ3) is 2.83. The lowest BCUT2D eigenvalue weighted by Gasteiger charge is -2.36. The summed E-state index contributed by atoms with van der Waals surface area (Å²) in [5.74, 6) is 0.928. The minimum Gasteiger partial charge on any atom is -0.342 e. The SMILES string of the molecule is O=C(C1CCn2nncc2C1)N1CCCC(c2ccc3c(c2)CCC3)C1. The van der Waals surface area contributed by atoms with E-state index in [1.54, 1.807) is 5.56 Å². The van der Waals surface area contributed by atoms with E-state index in [0.717, 1.165) is 44.6 Å². The van der Waals surface area contributed by atoms with E-state index in [9.17, 15) is 4.79 Å². The van der Waals surface area contributed by atoms with E-state index >= 15 is 0 Å². The third-order valence-electron chi connectivity index (χ3n) is 6.52. The number of benzene rings is 1. The van der Waals surface area contributed by atoms with Crippen LogP contribution in [0.4, 0.5) is 0 Å². The molecule has 1 aromatic carbocycles. The van der Waals surface area contributed by atoms with Crippen LogP contribution in [0.3, 0.4) is 0 Å². The summed E-state index contributed by atoms with van der Waals surface area (Å²) in [4.78, 5) is 15.3. The lowest BCUT2D eigenvalue weighted by atomic mass is 9.87. The van der Waals surface area contributed by atoms with Gasteiger partial charge in [0.25, 0.3) is 0 Å². The molecule has 0 saturated carbocycles. The third-order valence-corrected chi connectivity index (χ3v) is 6.52. The molecule has 1 aliphatic carbocycles. The Kier molecular flexibility index (Phi) is 4.03. The number of amides is 1. The Labute approximate surface area is 154 Å². The molecule has 1 fully saturated rings. The number of rotatable bonds is 2. The summed E-state index contributed by atoms with van der Waals surface area (Å²) in [6, 6.07) is 7.06. The average molecular weight is 350 g/mol. The van der Waals surface area contributed by atoms with Crippen LogP contribution in [0.5, 0.6) is 0 Å². The van der Waals surface area contributed by atoms with E-state index in [0.29, 0.717) is 11.8 Å². The molecule has 26 heavy (non-hydrogen) atoms. The summed E-state index contributed by atoms with van der Waals surface area (Å²) in [5.41, 5.74) is 5.61. The van der Waals surface area contributed by atoms with Crippen molar-refractivity contribution < 1.29 is 4.79 Å². The summed E-state index contributed by atoms with van der Waals surface area (Å²) in [5, 5.41) is 8.06. The van der Waals surface area contributed by atoms with Crippen molar-refractivity contribution in [2.24, 2.45) is 5.92 Å². The van der Waals surface area contributed by atoms with Gasteiger partial charge in [0.2, 0.25) is 5.91 Å². The van der Waals surface area contributed by atoms with Crippen molar-refractivity contribution in [3.63, 3.8) is 0 Å². The highest BCUT2D eigenvalue weighted by molar-refractivity contribution is 5.79. The Balaban J connectivity index is 1.29. The number of carbonyl (C=O) groups excluding carboxylic acids is 1. The molecule has 2 atom stereocenters. The zero-order chi connectivity index (χ0) is 17.5. The van der Waals surface area contributed by atoms with Gasteiger partial charge in [0.1, 0.15) is 0 Å². The molecule has 0 spiro atoms. The Morgan fingerprint density at radius 2 is 2.00 bits per heavy atom. The molecule has 5 nitrogen and oxygen atoms in total. The molecule has 2 aromatic rings. The molecule has 1 amide bonds. The Hall–Kier alpha value is -2.17. The van der Waals surface area contributed by atoms with Crippen LogP contribution in [0.2, 0.25) is 0 Å². The summed E-state index contributed by atoms with van der Waals surface area (Å²) in [6.45, 7) is 2.60. The number of carbonyl (C=O) groups is 1. The van der Waals surface area contributed by atoms with E-state index in [1.807, 2.05) is 10.9 Å². The van der Waals surface area contributed by atoms with Gasteiger partial charge < -0.3 is 4.90 Å². The zero-order valence-electron chi connectivity index (χ0n) is 15.2. The number of hydrogen-bond donors (Lipinski definition) is 0. The van der Waals surface area contributed by atoms with Crippen molar-refractivity contribution in [2.45, 2.75) is 57.4 Å². The van der Waals surface area contributed by atoms with E-state index < -0.39 is 0 Å². The summed E-state index contributed by atoms with van der Waals surface area (Å²) < 4.78 is 1.94. The van der Waals surface area contributed by atoms with Crippen molar-refractivity contribution in [3.05, 3.63) is 46.8 Å². The predicted molar refractivity (Wildman–Crippen MR) is 98.9 cm³/mol. The molecule has 0 radical (unpaired) electrons. The van der Waals surface area contributed by atoms with E-state index in [1.165, 1.54) is 36.8 Å². The van der Waals surface area contributed by atoms with Gasteiger partial charge >= 0.3 is 0 Å². The maximum Gasteiger partial charge on any atom is 0.226 e. The molecule has 3 heterocycles. The first-order chi connectivity index (χ1) is 12.8. The van der Waals surface area contributed by atoms with Crippen LogP contribution >= 0.6 is 0 Å². The largest absolute Gasteiger partial charge is 0.342 e. The molecule has 0 bridgehead atoms. The molecule has 0 N–H and O–H groups in total. The lowest BCUT2D eigenvalue weighted by Crippen LogP contribution is -2.44. The highest BCUT2D eigenvalue weighted by atomic mass is 16.2. The van der Waals surface area contributed by atoms with Crippen LogP contribution in [0, 0.1) is 5.92 Å². The Morgan fingerprint density at radius 3 is 2.96 bits per heavy atom. The fourth-order valence-electron chi connectivity index (χ4n) is 5.02. The number of aryl methyl sites for hydroxylation is 3. The molecule has 2 unspecified atom stereocenters. The highest BCUT2D eigenvalue weighted by Gasteiger charge is 2.32. The molecule has 1 saturated heterocycles. The van der Waals surface area contributed by atoms with Gasteiger partial charge in [-0.1, -0.05) is 23.4 Å². The van der Waals surface area contributed by atoms with Crippen molar-refractivity contribution in [2.75, 3.05) is 13.1 Å². The van der Waals surface area contributed by atoms with Crippen molar-refractivity contribution in [3.8, 4) is 0 Å². The minimum absolute atomic E-state index is 0.0970. The van der Waals surface area contributed by atoms with Gasteiger partial charge in [0.05, 0.1) is 11.9 Å². The lowest BCUT2D eigenvalue weighted by molar-refractivity contribution is -0.137. The monoisotopic (exact) mass is 350 g/mol. The number of likely N-dealkylation sites (tertiary alicyclic amines) is 1. The second kappa shape index (κ2) is 6.53. The first kappa shape index (κ1) is 16.0. The molecule has 1 aromatic heterocycles. The van der Waals surface area contributed by atoms with Crippen LogP contribution in [0.25, 0.3) is 0 Å². The molecule has 5 rings (SSSR count). The number of aromatic nitrogens is 3. The summed E-state index contributed by atoms with van der Waals surface area (Å²) in [7, 11) is 0. The first-order valence-corrected chi connectivity index (χ1v) is 10.1. The van der Waals surface area contributed by atoms with E-state index in [-0.39, 0.29) is 5.92 Å². The normalized spacial score (nSPS) is 25.0. The highest BCUT2D eigenvalue weighted by Crippen LogP contribution is 2.32. The van der Waals surface area contributed by atoms with Gasteiger partial charge in [-0.2, -0.15) is 0 Å². The van der Waals surface area contributed by atoms with Crippen LogP contribution in [0.15, 0.2) is 24.4 Å². The van der Waals surface area contributed by atoms with Gasteiger partial charge in [-0.25, -0.2) is 4.68 Å². The quantitative estimate of drug-likeness (QED) is 0.837. The van der Waals surface area contributed by atoms with Gasteiger partial charge in [-0.15, -0.1) is 5.10 Å². The first-order valence-electron chi connectivity index (χ1n) is 10.1. The van der Waals surface area contributed by atoms with Crippen molar-refractivity contribution in [1.29, 1.82) is 0 Å². The van der Waals surface area contributed by atoms with Crippen molar-refractivity contribution in [1.82, 2.24) is 19.9 Å². The number of nitrogens with zero attached hydrogens (tertiary/aromatic N) is 4. The smallest absolute Gasteiger partial charge is 0.226 e. The number of fused-ring (bicyclic) bond motifs is 2. The van der Waals surface area contributed by atoms with Crippen molar-refractivity contribution >= 4 is 5.91 Å². The number of piperidine rings is 1. The van der Waals surface area contributed by atoms with E-state index in [2.05, 4.69) is 33.4 Å². The zero-order valence-corrected chi connectivity index (χ0v) is 15.2. The molecular formula is C21H26N4O. The van der Waals surface area contributed by atoms with Crippen LogP contribution in [-0.4, -0.2) is 38.9 Å².